The molecule has 1 aromatic carbocycles. The van der Waals surface area contributed by atoms with E-state index in [1.54, 1.807) is 21.1 Å². The number of fused-ring (bicyclic) bond motifs is 1. The van der Waals surface area contributed by atoms with Crippen molar-refractivity contribution < 1.29 is 14.6 Å². The van der Waals surface area contributed by atoms with Crippen molar-refractivity contribution in [3.63, 3.8) is 0 Å². The molecule has 0 saturated carbocycles. The van der Waals surface area contributed by atoms with E-state index in [0.717, 1.165) is 23.1 Å². The third kappa shape index (κ3) is 3.58. The van der Waals surface area contributed by atoms with Gasteiger partial charge in [-0.1, -0.05) is 6.07 Å². The molecule has 0 spiro atoms. The lowest BCUT2D eigenvalue weighted by Gasteiger charge is -2.23. The predicted molar refractivity (Wildman–Crippen MR) is 87.1 cm³/mol. The molecule has 2 rings (SSSR count). The maximum Gasteiger partial charge on any atom is 0.321 e. The lowest BCUT2D eigenvalue weighted by molar-refractivity contribution is 0.166. The fraction of sp³-hybridized carbons (Fsp3) is 0.438. The molecule has 1 aromatic heterocycles. The monoisotopic (exact) mass is 305 g/mol. The molecule has 1 atom stereocenters. The van der Waals surface area contributed by atoms with E-state index in [-0.39, 0.29) is 18.7 Å². The molecule has 0 aliphatic rings. The number of nitrogens with one attached hydrogen (secondary N) is 1. The van der Waals surface area contributed by atoms with E-state index >= 15 is 0 Å². The van der Waals surface area contributed by atoms with Crippen LogP contribution in [0, 0.1) is 0 Å². The van der Waals surface area contributed by atoms with Crippen LogP contribution in [0.1, 0.15) is 6.92 Å². The van der Waals surface area contributed by atoms with Gasteiger partial charge in [-0.3, -0.25) is 0 Å². The Kier molecular flexibility index (Phi) is 5.41. The number of anilines is 1. The summed E-state index contributed by atoms with van der Waals surface area (Å²) < 4.78 is 7.20. The third-order valence-electron chi connectivity index (χ3n) is 3.81. The van der Waals surface area contributed by atoms with Crippen LogP contribution in [-0.2, 0) is 11.3 Å². The van der Waals surface area contributed by atoms with E-state index in [9.17, 15) is 4.79 Å². The molecule has 0 radical (unpaired) electrons. The maximum absolute atomic E-state index is 12.1. The number of hydrogen-bond acceptors (Lipinski definition) is 3. The number of ether oxygens (including phenoxy) is 1. The smallest absolute Gasteiger partial charge is 0.321 e. The highest BCUT2D eigenvalue weighted by molar-refractivity contribution is 5.92. The van der Waals surface area contributed by atoms with Crippen LogP contribution in [0.4, 0.5) is 10.5 Å². The molecule has 0 aliphatic heterocycles. The molecule has 2 N–H and O–H groups in total. The van der Waals surface area contributed by atoms with E-state index in [4.69, 9.17) is 9.84 Å². The zero-order valence-electron chi connectivity index (χ0n) is 13.2. The first-order chi connectivity index (χ1) is 10.6. The van der Waals surface area contributed by atoms with Crippen molar-refractivity contribution in [2.24, 2.45) is 0 Å². The Morgan fingerprint density at radius 2 is 2.23 bits per heavy atom. The molecule has 22 heavy (non-hydrogen) atoms. The van der Waals surface area contributed by atoms with E-state index in [1.807, 2.05) is 30.5 Å². The summed E-state index contributed by atoms with van der Waals surface area (Å²) in [5, 5.41) is 13.1. The fourth-order valence-electron chi connectivity index (χ4n) is 2.18. The Labute approximate surface area is 130 Å². The first kappa shape index (κ1) is 16.3. The molecule has 2 aromatic rings. The third-order valence-corrected chi connectivity index (χ3v) is 3.81. The van der Waals surface area contributed by atoms with Gasteiger partial charge in [-0.2, -0.15) is 0 Å². The SMILES string of the molecule is COCCn1ccc2ccc(NC(=O)N(C)C(C)CO)cc21. The van der Waals surface area contributed by atoms with Gasteiger partial charge in [-0.15, -0.1) is 0 Å². The molecule has 0 saturated heterocycles. The molecule has 6 heteroatoms. The Balaban J connectivity index is 2.16. The second kappa shape index (κ2) is 7.29. The van der Waals surface area contributed by atoms with Gasteiger partial charge in [0, 0.05) is 32.6 Å². The van der Waals surface area contributed by atoms with Crippen molar-refractivity contribution in [2.75, 3.05) is 32.7 Å². The summed E-state index contributed by atoms with van der Waals surface area (Å²) in [6.45, 7) is 3.12. The highest BCUT2D eigenvalue weighted by atomic mass is 16.5. The van der Waals surface area contributed by atoms with Crippen LogP contribution < -0.4 is 5.32 Å². The van der Waals surface area contributed by atoms with Crippen molar-refractivity contribution in [1.29, 1.82) is 0 Å². The number of likely N-dealkylation sites (N-methyl/N-ethyl adjacent to an activating group) is 1. The molecule has 0 aliphatic carbocycles. The number of nitrogens with zero attached hydrogens (tertiary/aromatic N) is 2. The van der Waals surface area contributed by atoms with Crippen LogP contribution in [-0.4, -0.2) is 54.0 Å². The minimum absolute atomic E-state index is 0.0666. The van der Waals surface area contributed by atoms with Gasteiger partial charge in [0.25, 0.3) is 0 Å². The summed E-state index contributed by atoms with van der Waals surface area (Å²) in [5.74, 6) is 0. The highest BCUT2D eigenvalue weighted by Gasteiger charge is 2.15. The largest absolute Gasteiger partial charge is 0.394 e. The number of amides is 2. The van der Waals surface area contributed by atoms with Crippen molar-refractivity contribution in [1.82, 2.24) is 9.47 Å². The number of aliphatic hydroxyl groups excluding tert-OH is 1. The van der Waals surface area contributed by atoms with Crippen LogP contribution in [0.15, 0.2) is 30.5 Å². The lowest BCUT2D eigenvalue weighted by atomic mass is 10.2. The first-order valence-electron chi connectivity index (χ1n) is 7.29. The lowest BCUT2D eigenvalue weighted by Crippen LogP contribution is -2.40. The fourth-order valence-corrected chi connectivity index (χ4v) is 2.18. The number of methoxy groups -OCH3 is 1. The van der Waals surface area contributed by atoms with Gasteiger partial charge in [0.2, 0.25) is 0 Å². The first-order valence-corrected chi connectivity index (χ1v) is 7.29. The average Bonchev–Trinajstić information content (AvgIpc) is 2.93. The number of aromatic nitrogens is 1. The Morgan fingerprint density at radius 1 is 1.45 bits per heavy atom. The maximum atomic E-state index is 12.1. The van der Waals surface area contributed by atoms with Crippen molar-refractivity contribution >= 4 is 22.6 Å². The molecule has 0 bridgehead atoms. The Hall–Kier alpha value is -2.05. The Bertz CT molecular complexity index is 639. The molecule has 120 valence electrons. The number of carbonyl (C=O) groups is 1. The number of benzene rings is 1. The molecule has 0 fully saturated rings. The van der Waals surface area contributed by atoms with Crippen LogP contribution in [0.5, 0.6) is 0 Å². The van der Waals surface area contributed by atoms with Gasteiger partial charge in [-0.25, -0.2) is 4.79 Å². The van der Waals surface area contributed by atoms with Gasteiger partial charge in [0.05, 0.1) is 24.8 Å². The topological polar surface area (TPSA) is 66.7 Å². The molecular formula is C16H23N3O3. The van der Waals surface area contributed by atoms with Gasteiger partial charge < -0.3 is 24.6 Å². The minimum Gasteiger partial charge on any atom is -0.394 e. The average molecular weight is 305 g/mol. The normalized spacial score (nSPS) is 12.4. The van der Waals surface area contributed by atoms with Crippen molar-refractivity contribution in [2.45, 2.75) is 19.5 Å². The Morgan fingerprint density at radius 3 is 2.91 bits per heavy atom. The summed E-state index contributed by atoms with van der Waals surface area (Å²) in [7, 11) is 3.34. The summed E-state index contributed by atoms with van der Waals surface area (Å²) in [5.41, 5.74) is 1.78. The molecule has 1 unspecified atom stereocenters. The molecule has 6 nitrogen and oxygen atoms in total. The van der Waals surface area contributed by atoms with Gasteiger partial charge >= 0.3 is 6.03 Å². The summed E-state index contributed by atoms with van der Waals surface area (Å²) >= 11 is 0. The second-order valence-corrected chi connectivity index (χ2v) is 5.35. The van der Waals surface area contributed by atoms with E-state index in [2.05, 4.69) is 9.88 Å². The zero-order chi connectivity index (χ0) is 16.1. The van der Waals surface area contributed by atoms with Crippen molar-refractivity contribution in [3.8, 4) is 0 Å². The predicted octanol–water partition coefficient (Wildman–Crippen LogP) is 2.13. The molecular weight excluding hydrogens is 282 g/mol. The second-order valence-electron chi connectivity index (χ2n) is 5.35. The van der Waals surface area contributed by atoms with Gasteiger partial charge in [0.15, 0.2) is 0 Å². The quantitative estimate of drug-likeness (QED) is 0.859. The van der Waals surface area contributed by atoms with Crippen LogP contribution >= 0.6 is 0 Å². The number of rotatable bonds is 6. The van der Waals surface area contributed by atoms with E-state index in [0.29, 0.717) is 6.61 Å². The van der Waals surface area contributed by atoms with Crippen LogP contribution in [0.3, 0.4) is 0 Å². The highest BCUT2D eigenvalue weighted by Crippen LogP contribution is 2.21. The van der Waals surface area contributed by atoms with E-state index < -0.39 is 0 Å². The van der Waals surface area contributed by atoms with Crippen LogP contribution in [0.25, 0.3) is 10.9 Å². The summed E-state index contributed by atoms with van der Waals surface area (Å²) in [6, 6.07) is 7.36. The number of aliphatic hydroxyl groups is 1. The van der Waals surface area contributed by atoms with Crippen molar-refractivity contribution in [3.05, 3.63) is 30.5 Å². The summed E-state index contributed by atoms with van der Waals surface area (Å²) in [6.07, 6.45) is 2.01. The standard InChI is InChI=1S/C16H23N3O3/c1-12(11-20)18(2)16(21)17-14-5-4-13-6-7-19(8-9-22-3)15(13)10-14/h4-7,10,12,20H,8-9,11H2,1-3H3,(H,17,21). The molecule has 2 amide bonds. The number of hydrogen-bond donors (Lipinski definition) is 2. The van der Waals surface area contributed by atoms with Crippen LogP contribution in [0.2, 0.25) is 0 Å². The number of urea groups is 1. The zero-order valence-corrected chi connectivity index (χ0v) is 13.2. The van der Waals surface area contributed by atoms with E-state index in [1.165, 1.54) is 4.90 Å². The van der Waals surface area contributed by atoms with Gasteiger partial charge in [0.1, 0.15) is 0 Å². The minimum atomic E-state index is -0.240. The van der Waals surface area contributed by atoms with Gasteiger partial charge in [-0.05, 0) is 30.5 Å². The summed E-state index contributed by atoms with van der Waals surface area (Å²) in [4.78, 5) is 13.6. The molecule has 1 heterocycles. The number of carbonyl (C=O) groups excluding carboxylic acids is 1.